The minimum atomic E-state index is -1.06. The molecule has 0 aliphatic carbocycles. The number of aryl methyl sites for hydroxylation is 1. The maximum absolute atomic E-state index is 14.0. The molecule has 2 N–H and O–H groups in total. The lowest BCUT2D eigenvalue weighted by Gasteiger charge is -2.19. The van der Waals surface area contributed by atoms with Crippen molar-refractivity contribution >= 4 is 27.6 Å². The molecule has 1 atom stereocenters. The second-order valence-electron chi connectivity index (χ2n) is 5.49. The Kier molecular flexibility index (Phi) is 3.97. The Morgan fingerprint density at radius 3 is 2.83 bits per heavy atom. The molecule has 0 saturated carbocycles. The summed E-state index contributed by atoms with van der Waals surface area (Å²) in [5, 5.41) is 12.3. The van der Waals surface area contributed by atoms with Gasteiger partial charge in [0.15, 0.2) is 0 Å². The number of halogens is 2. The third-order valence-corrected chi connectivity index (χ3v) is 4.46. The van der Waals surface area contributed by atoms with Crippen LogP contribution in [-0.2, 0) is 6.42 Å². The number of carbonyl (C=O) groups is 1. The molecule has 7 heteroatoms. The number of nitrogens with zero attached hydrogens (tertiary/aromatic N) is 1. The van der Waals surface area contributed by atoms with Crippen molar-refractivity contribution in [1.29, 1.82) is 0 Å². The third kappa shape index (κ3) is 2.76. The van der Waals surface area contributed by atoms with Gasteiger partial charge in [0.1, 0.15) is 12.0 Å². The Hall–Kier alpha value is -2.15. The lowest BCUT2D eigenvalue weighted by Crippen LogP contribution is -2.30. The molecule has 2 aromatic rings. The van der Waals surface area contributed by atoms with Gasteiger partial charge in [-0.25, -0.2) is 9.18 Å². The van der Waals surface area contributed by atoms with Crippen molar-refractivity contribution in [2.45, 2.75) is 25.9 Å². The first-order valence-corrected chi connectivity index (χ1v) is 7.87. The Balaban J connectivity index is 2.04. The normalized spacial score (nSPS) is 16.2. The van der Waals surface area contributed by atoms with Crippen molar-refractivity contribution in [3.63, 3.8) is 0 Å². The number of fused-ring (bicyclic) bond motifs is 1. The van der Waals surface area contributed by atoms with Gasteiger partial charge in [0, 0.05) is 15.7 Å². The Bertz CT molecular complexity index is 863. The Labute approximate surface area is 139 Å². The number of hydrogen-bond acceptors (Lipinski definition) is 3. The molecule has 1 unspecified atom stereocenters. The quantitative estimate of drug-likeness (QED) is 0.856. The van der Waals surface area contributed by atoms with Crippen molar-refractivity contribution < 1.29 is 14.3 Å². The largest absolute Gasteiger partial charge is 0.478 e. The number of nitrogens with one attached hydrogen (secondary N) is 1. The van der Waals surface area contributed by atoms with Crippen LogP contribution in [0.25, 0.3) is 0 Å². The summed E-state index contributed by atoms with van der Waals surface area (Å²) >= 11 is 3.19. The number of benzene rings is 1. The van der Waals surface area contributed by atoms with Gasteiger partial charge in [0.05, 0.1) is 11.3 Å². The van der Waals surface area contributed by atoms with Crippen LogP contribution >= 0.6 is 15.9 Å². The van der Waals surface area contributed by atoms with Gasteiger partial charge in [0.2, 0.25) is 0 Å². The Morgan fingerprint density at radius 1 is 1.43 bits per heavy atom. The average molecular weight is 381 g/mol. The molecule has 1 aromatic carbocycles. The van der Waals surface area contributed by atoms with Crippen LogP contribution in [0.1, 0.15) is 34.2 Å². The smallest absolute Gasteiger partial charge is 0.337 e. The number of aromatic nitrogens is 1. The molecule has 3 rings (SSSR count). The molecule has 0 fully saturated rings. The fourth-order valence-electron chi connectivity index (χ4n) is 2.90. The second-order valence-corrected chi connectivity index (χ2v) is 6.41. The van der Waals surface area contributed by atoms with E-state index in [-0.39, 0.29) is 16.8 Å². The van der Waals surface area contributed by atoms with Crippen LogP contribution in [0.2, 0.25) is 0 Å². The lowest BCUT2D eigenvalue weighted by molar-refractivity contribution is 0.0694. The monoisotopic (exact) mass is 380 g/mol. The van der Waals surface area contributed by atoms with Crippen molar-refractivity contribution in [3.8, 4) is 0 Å². The average Bonchev–Trinajstić information content (AvgIpc) is 2.89. The molecule has 23 heavy (non-hydrogen) atoms. The fraction of sp³-hybridized carbons (Fsp3) is 0.250. The van der Waals surface area contributed by atoms with Crippen molar-refractivity contribution in [2.24, 2.45) is 0 Å². The van der Waals surface area contributed by atoms with E-state index in [0.717, 1.165) is 0 Å². The fourth-order valence-corrected chi connectivity index (χ4v) is 3.23. The topological polar surface area (TPSA) is 71.3 Å². The molecule has 0 bridgehead atoms. The van der Waals surface area contributed by atoms with E-state index in [2.05, 4.69) is 21.2 Å². The molecular weight excluding hydrogens is 367 g/mol. The van der Waals surface area contributed by atoms with Crippen LogP contribution in [0.3, 0.4) is 0 Å². The van der Waals surface area contributed by atoms with Crippen LogP contribution < -0.4 is 10.9 Å². The molecule has 0 saturated heterocycles. The minimum Gasteiger partial charge on any atom is -0.478 e. The predicted octanol–water partition coefficient (Wildman–Crippen LogP) is 3.31. The zero-order valence-corrected chi connectivity index (χ0v) is 13.9. The van der Waals surface area contributed by atoms with Crippen molar-refractivity contribution in [2.75, 3.05) is 5.32 Å². The van der Waals surface area contributed by atoms with Gasteiger partial charge in [-0.1, -0.05) is 15.9 Å². The van der Waals surface area contributed by atoms with Crippen LogP contribution in [0.15, 0.2) is 33.5 Å². The van der Waals surface area contributed by atoms with E-state index in [0.29, 0.717) is 28.6 Å². The molecule has 0 radical (unpaired) electrons. The summed E-state index contributed by atoms with van der Waals surface area (Å²) in [7, 11) is 0. The van der Waals surface area contributed by atoms with E-state index in [4.69, 9.17) is 0 Å². The highest BCUT2D eigenvalue weighted by molar-refractivity contribution is 9.10. The van der Waals surface area contributed by atoms with Crippen molar-refractivity contribution in [1.82, 2.24) is 4.57 Å². The summed E-state index contributed by atoms with van der Waals surface area (Å²) in [6.45, 7) is 1.58. The van der Waals surface area contributed by atoms with Crippen LogP contribution in [0.4, 0.5) is 10.1 Å². The maximum Gasteiger partial charge on any atom is 0.337 e. The first-order chi connectivity index (χ1) is 10.9. The van der Waals surface area contributed by atoms with Gasteiger partial charge in [-0.3, -0.25) is 9.36 Å². The first kappa shape index (κ1) is 15.7. The van der Waals surface area contributed by atoms with Gasteiger partial charge < -0.3 is 10.4 Å². The number of carboxylic acid groups (broad SMARTS) is 1. The maximum atomic E-state index is 14.0. The zero-order chi connectivity index (χ0) is 16.7. The van der Waals surface area contributed by atoms with Crippen LogP contribution in [-0.4, -0.2) is 15.6 Å². The van der Waals surface area contributed by atoms with E-state index in [1.165, 1.54) is 16.7 Å². The van der Waals surface area contributed by atoms with Gasteiger partial charge in [-0.2, -0.15) is 0 Å². The molecule has 2 heterocycles. The van der Waals surface area contributed by atoms with Crippen LogP contribution in [0.5, 0.6) is 0 Å². The van der Waals surface area contributed by atoms with E-state index in [9.17, 15) is 19.1 Å². The van der Waals surface area contributed by atoms with E-state index < -0.39 is 18.0 Å². The second kappa shape index (κ2) is 5.81. The summed E-state index contributed by atoms with van der Waals surface area (Å²) < 4.78 is 16.0. The minimum absolute atomic E-state index is 0.127. The highest BCUT2D eigenvalue weighted by atomic mass is 79.9. The first-order valence-electron chi connectivity index (χ1n) is 7.08. The molecule has 120 valence electrons. The van der Waals surface area contributed by atoms with E-state index >= 15 is 0 Å². The number of hydrogen-bond donors (Lipinski definition) is 2. The SMILES string of the molecule is Cc1cc(C(=O)O)c2n(c1=O)C(Nc1ccc(Br)cc1F)CC2. The molecule has 0 spiro atoms. The molecule has 1 aliphatic heterocycles. The molecule has 5 nitrogen and oxygen atoms in total. The highest BCUT2D eigenvalue weighted by Crippen LogP contribution is 2.30. The van der Waals surface area contributed by atoms with E-state index in [1.54, 1.807) is 19.1 Å². The lowest BCUT2D eigenvalue weighted by atomic mass is 10.1. The van der Waals surface area contributed by atoms with Gasteiger partial charge in [-0.15, -0.1) is 0 Å². The highest BCUT2D eigenvalue weighted by Gasteiger charge is 2.29. The molecule has 1 aromatic heterocycles. The molecule has 0 amide bonds. The zero-order valence-electron chi connectivity index (χ0n) is 12.3. The Morgan fingerprint density at radius 2 is 2.17 bits per heavy atom. The summed E-state index contributed by atoms with van der Waals surface area (Å²) in [6, 6.07) is 6.01. The number of pyridine rings is 1. The van der Waals surface area contributed by atoms with Crippen LogP contribution in [0, 0.1) is 12.7 Å². The van der Waals surface area contributed by atoms with Gasteiger partial charge >= 0.3 is 5.97 Å². The number of carboxylic acids is 1. The van der Waals surface area contributed by atoms with Gasteiger partial charge in [0.25, 0.3) is 5.56 Å². The predicted molar refractivity (Wildman–Crippen MR) is 87.5 cm³/mol. The van der Waals surface area contributed by atoms with E-state index in [1.807, 2.05) is 0 Å². The standard InChI is InChI=1S/C16H14BrFN2O3/c1-8-6-10(16(22)23)13-4-5-14(20(13)15(8)21)19-12-3-2-9(17)7-11(12)18/h2-3,6-7,14,19H,4-5H2,1H3,(H,22,23). The number of aromatic carboxylic acids is 1. The number of rotatable bonds is 3. The summed E-state index contributed by atoms with van der Waals surface area (Å²) in [5.74, 6) is -1.50. The molecule has 1 aliphatic rings. The summed E-state index contributed by atoms with van der Waals surface area (Å²) in [6.07, 6.45) is 0.507. The summed E-state index contributed by atoms with van der Waals surface area (Å²) in [5.41, 5.74) is 0.982. The molecular formula is C16H14BrFN2O3. The number of anilines is 1. The van der Waals surface area contributed by atoms with Crippen molar-refractivity contribution in [3.05, 3.63) is 61.7 Å². The summed E-state index contributed by atoms with van der Waals surface area (Å²) in [4.78, 5) is 23.8. The van der Waals surface area contributed by atoms with Gasteiger partial charge in [-0.05, 0) is 44.0 Å². The third-order valence-electron chi connectivity index (χ3n) is 3.97.